The van der Waals surface area contributed by atoms with Crippen molar-refractivity contribution in [2.75, 3.05) is 25.0 Å². The monoisotopic (exact) mass is 299 g/mol. The molecule has 1 aromatic carbocycles. The minimum Gasteiger partial charge on any atom is -0.371 e. The van der Waals surface area contributed by atoms with Crippen molar-refractivity contribution >= 4 is 11.4 Å². The summed E-state index contributed by atoms with van der Waals surface area (Å²) < 4.78 is 26.4. The molecule has 5 nitrogen and oxygen atoms in total. The van der Waals surface area contributed by atoms with Crippen molar-refractivity contribution in [1.82, 2.24) is 5.32 Å². The summed E-state index contributed by atoms with van der Waals surface area (Å²) in [6.07, 6.45) is -1.05. The quantitative estimate of drug-likeness (QED) is 0.685. The van der Waals surface area contributed by atoms with E-state index in [1.165, 1.54) is 12.1 Å². The number of piperidine rings is 1. The summed E-state index contributed by atoms with van der Waals surface area (Å²) in [7, 11) is 1.89. The molecule has 0 amide bonds. The van der Waals surface area contributed by atoms with Gasteiger partial charge in [-0.25, -0.2) is 8.78 Å². The van der Waals surface area contributed by atoms with Crippen molar-refractivity contribution in [3.63, 3.8) is 0 Å². The number of nitrogens with one attached hydrogen (secondary N) is 1. The molecule has 1 N–H and O–H groups in total. The maximum atomic E-state index is 13.2. The highest BCUT2D eigenvalue weighted by atomic mass is 19.3. The number of benzene rings is 1. The molecule has 0 spiro atoms. The van der Waals surface area contributed by atoms with Crippen molar-refractivity contribution in [1.29, 1.82) is 0 Å². The highest BCUT2D eigenvalue weighted by Crippen LogP contribution is 2.35. The van der Waals surface area contributed by atoms with E-state index in [0.717, 1.165) is 18.9 Å². The number of non-ortho nitro benzene ring substituents is 1. The topological polar surface area (TPSA) is 58.4 Å². The van der Waals surface area contributed by atoms with Crippen LogP contribution in [0.15, 0.2) is 18.2 Å². The third-order valence-electron chi connectivity index (χ3n) is 4.27. The van der Waals surface area contributed by atoms with E-state index in [1.807, 2.05) is 11.9 Å². The molecule has 116 valence electrons. The van der Waals surface area contributed by atoms with E-state index >= 15 is 0 Å². The van der Waals surface area contributed by atoms with Gasteiger partial charge in [-0.2, -0.15) is 0 Å². The van der Waals surface area contributed by atoms with Crippen LogP contribution in [0.1, 0.15) is 31.8 Å². The average molecular weight is 299 g/mol. The highest BCUT2D eigenvalue weighted by Gasteiger charge is 2.30. The van der Waals surface area contributed by atoms with Gasteiger partial charge in [0, 0.05) is 42.0 Å². The summed E-state index contributed by atoms with van der Waals surface area (Å²) in [5.74, 6) is 0. The molecule has 0 aromatic heterocycles. The lowest BCUT2D eigenvalue weighted by molar-refractivity contribution is -0.385. The molecule has 0 bridgehead atoms. The fourth-order valence-electron chi connectivity index (χ4n) is 2.61. The van der Waals surface area contributed by atoms with Crippen LogP contribution in [-0.4, -0.2) is 30.6 Å². The smallest absolute Gasteiger partial charge is 0.270 e. The van der Waals surface area contributed by atoms with Crippen molar-refractivity contribution in [3.8, 4) is 0 Å². The van der Waals surface area contributed by atoms with Gasteiger partial charge >= 0.3 is 0 Å². The second-order valence-corrected chi connectivity index (χ2v) is 5.60. The lowest BCUT2D eigenvalue weighted by atomic mass is 9.89. The van der Waals surface area contributed by atoms with E-state index in [4.69, 9.17) is 0 Å². The molecule has 0 atom stereocenters. The third kappa shape index (κ3) is 3.29. The van der Waals surface area contributed by atoms with Crippen molar-refractivity contribution in [3.05, 3.63) is 33.9 Å². The number of hydrogen-bond donors (Lipinski definition) is 1. The largest absolute Gasteiger partial charge is 0.371 e. The van der Waals surface area contributed by atoms with Gasteiger partial charge in [-0.3, -0.25) is 10.1 Å². The van der Waals surface area contributed by atoms with Crippen molar-refractivity contribution in [2.24, 2.45) is 0 Å². The molecule has 1 aliphatic heterocycles. The molecule has 1 saturated heterocycles. The Morgan fingerprint density at radius 2 is 2.00 bits per heavy atom. The minimum absolute atomic E-state index is 0.0161. The van der Waals surface area contributed by atoms with Gasteiger partial charge in [0.15, 0.2) is 0 Å². The third-order valence-corrected chi connectivity index (χ3v) is 4.27. The van der Waals surface area contributed by atoms with Gasteiger partial charge in [0.1, 0.15) is 0 Å². The molecule has 2 rings (SSSR count). The summed E-state index contributed by atoms with van der Waals surface area (Å²) >= 11 is 0. The number of rotatable bonds is 4. The zero-order valence-electron chi connectivity index (χ0n) is 12.1. The minimum atomic E-state index is -2.72. The van der Waals surface area contributed by atoms with Crippen LogP contribution in [0.2, 0.25) is 0 Å². The number of nitrogens with zero attached hydrogens (tertiary/aromatic N) is 2. The molecular weight excluding hydrogens is 280 g/mol. The molecular formula is C14H19F2N3O2. The summed E-state index contributed by atoms with van der Waals surface area (Å²) in [5.41, 5.74) is -0.153. The number of alkyl halides is 2. The predicted molar refractivity (Wildman–Crippen MR) is 77.0 cm³/mol. The SMILES string of the molecule is CNC1(C)CCN(c2ccc([N+](=O)[O-])cc2C(F)F)CC1. The molecule has 7 heteroatoms. The maximum Gasteiger partial charge on any atom is 0.270 e. The van der Waals surface area contributed by atoms with Crippen LogP contribution >= 0.6 is 0 Å². The van der Waals surface area contributed by atoms with E-state index in [1.54, 1.807) is 0 Å². The van der Waals surface area contributed by atoms with Gasteiger partial charge in [0.2, 0.25) is 0 Å². The number of hydrogen-bond acceptors (Lipinski definition) is 4. The lowest BCUT2D eigenvalue weighted by Gasteiger charge is -2.40. The summed E-state index contributed by atoms with van der Waals surface area (Å²) in [4.78, 5) is 12.0. The average Bonchev–Trinajstić information content (AvgIpc) is 2.47. The van der Waals surface area contributed by atoms with Crippen LogP contribution in [0, 0.1) is 10.1 Å². The molecule has 1 fully saturated rings. The Balaban J connectivity index is 2.26. The van der Waals surface area contributed by atoms with Crippen LogP contribution in [-0.2, 0) is 0 Å². The van der Waals surface area contributed by atoms with E-state index in [9.17, 15) is 18.9 Å². The fraction of sp³-hybridized carbons (Fsp3) is 0.571. The molecule has 1 aromatic rings. The Labute approximate surface area is 122 Å². The van der Waals surface area contributed by atoms with Crippen molar-refractivity contribution < 1.29 is 13.7 Å². The van der Waals surface area contributed by atoms with Crippen molar-refractivity contribution in [2.45, 2.75) is 31.7 Å². The van der Waals surface area contributed by atoms with Crippen LogP contribution in [0.25, 0.3) is 0 Å². The Morgan fingerprint density at radius 3 is 2.48 bits per heavy atom. The number of halogens is 2. The molecule has 0 aliphatic carbocycles. The first-order valence-corrected chi connectivity index (χ1v) is 6.87. The molecule has 1 heterocycles. The zero-order chi connectivity index (χ0) is 15.6. The predicted octanol–water partition coefficient (Wildman–Crippen LogP) is 3.11. The van der Waals surface area contributed by atoms with E-state index < -0.39 is 11.3 Å². The van der Waals surface area contributed by atoms with Crippen LogP contribution in [0.4, 0.5) is 20.2 Å². The van der Waals surface area contributed by atoms with Crippen LogP contribution in [0.3, 0.4) is 0 Å². The summed E-state index contributed by atoms with van der Waals surface area (Å²) in [6, 6.07) is 3.70. The van der Waals surface area contributed by atoms with Gasteiger partial charge in [-0.15, -0.1) is 0 Å². The summed E-state index contributed by atoms with van der Waals surface area (Å²) in [6.45, 7) is 3.40. The standard InChI is InChI=1S/C14H19F2N3O2/c1-14(17-2)5-7-18(8-6-14)12-4-3-10(19(20)21)9-11(12)13(15)16/h3-4,9,13,17H,5-8H2,1-2H3. The molecule has 21 heavy (non-hydrogen) atoms. The van der Waals surface area contributed by atoms with Crippen LogP contribution < -0.4 is 10.2 Å². The van der Waals surface area contributed by atoms with E-state index in [-0.39, 0.29) is 16.8 Å². The zero-order valence-corrected chi connectivity index (χ0v) is 12.1. The summed E-state index contributed by atoms with van der Waals surface area (Å²) in [5, 5.41) is 14.0. The molecule has 0 unspecified atom stereocenters. The molecule has 0 saturated carbocycles. The Bertz CT molecular complexity index is 529. The normalized spacial score (nSPS) is 18.0. The first-order chi connectivity index (χ1) is 9.86. The van der Waals surface area contributed by atoms with Gasteiger partial charge in [0.05, 0.1) is 4.92 Å². The van der Waals surface area contributed by atoms with Crippen LogP contribution in [0.5, 0.6) is 0 Å². The first-order valence-electron chi connectivity index (χ1n) is 6.87. The van der Waals surface area contributed by atoms with Gasteiger partial charge in [0.25, 0.3) is 12.1 Å². The van der Waals surface area contributed by atoms with Gasteiger partial charge in [-0.1, -0.05) is 0 Å². The lowest BCUT2D eigenvalue weighted by Crippen LogP contribution is -2.50. The Hall–Kier alpha value is -1.76. The maximum absolute atomic E-state index is 13.2. The van der Waals surface area contributed by atoms with E-state index in [2.05, 4.69) is 12.2 Å². The number of nitro groups is 1. The first kappa shape index (κ1) is 15.6. The second kappa shape index (κ2) is 5.93. The second-order valence-electron chi connectivity index (χ2n) is 5.60. The number of nitro benzene ring substituents is 1. The molecule has 1 aliphatic rings. The van der Waals surface area contributed by atoms with E-state index in [0.29, 0.717) is 18.8 Å². The fourth-order valence-corrected chi connectivity index (χ4v) is 2.61. The van der Waals surface area contributed by atoms with Gasteiger partial charge in [-0.05, 0) is 32.9 Å². The Morgan fingerprint density at radius 1 is 1.38 bits per heavy atom. The highest BCUT2D eigenvalue weighted by molar-refractivity contribution is 5.59. The molecule has 0 radical (unpaired) electrons. The Kier molecular flexibility index (Phi) is 4.41. The number of anilines is 1. The van der Waals surface area contributed by atoms with Gasteiger partial charge < -0.3 is 10.2 Å².